The van der Waals surface area contributed by atoms with Gasteiger partial charge in [-0.2, -0.15) is 0 Å². The average molecular weight is 486 g/mol. The first-order valence-corrected chi connectivity index (χ1v) is 13.2. The third-order valence-electron chi connectivity index (χ3n) is 5.95. The third-order valence-corrected chi connectivity index (χ3v) is 6.67. The Bertz CT molecular complexity index is 909. The van der Waals surface area contributed by atoms with Crippen LogP contribution in [0.2, 0.25) is 0 Å². The largest absolute Gasteiger partial charge is 0.493 e. The molecule has 2 aliphatic heterocycles. The molecule has 0 spiro atoms. The molecule has 3 rings (SSSR count). The summed E-state index contributed by atoms with van der Waals surface area (Å²) in [6.45, 7) is 4.29. The molecule has 1 unspecified atom stereocenters. The molecule has 11 heteroatoms. The highest BCUT2D eigenvalue weighted by Gasteiger charge is 2.30. The van der Waals surface area contributed by atoms with E-state index in [1.165, 1.54) is 0 Å². The SMILES string of the molecule is COc1ccc(C(=O)NC[C@@H]2CCN(CCCNS(C)(=O)=O)CC2OC)c2c1OCCCO2. The zero-order chi connectivity index (χ0) is 23.8. The van der Waals surface area contributed by atoms with Crippen LogP contribution in [0, 0.1) is 5.92 Å². The molecule has 1 saturated heterocycles. The van der Waals surface area contributed by atoms with Gasteiger partial charge in [0.15, 0.2) is 11.5 Å². The van der Waals surface area contributed by atoms with Gasteiger partial charge in [0.1, 0.15) is 0 Å². The maximum Gasteiger partial charge on any atom is 0.255 e. The van der Waals surface area contributed by atoms with Gasteiger partial charge in [-0.25, -0.2) is 13.1 Å². The molecular formula is C22H35N3O7S. The van der Waals surface area contributed by atoms with Crippen molar-refractivity contribution >= 4 is 15.9 Å². The number of methoxy groups -OCH3 is 2. The van der Waals surface area contributed by atoms with E-state index in [9.17, 15) is 13.2 Å². The van der Waals surface area contributed by atoms with Crippen molar-refractivity contribution in [1.29, 1.82) is 0 Å². The summed E-state index contributed by atoms with van der Waals surface area (Å²) in [5, 5.41) is 3.03. The van der Waals surface area contributed by atoms with Gasteiger partial charge in [0.25, 0.3) is 5.91 Å². The van der Waals surface area contributed by atoms with Gasteiger partial charge in [-0.1, -0.05) is 0 Å². The number of likely N-dealkylation sites (tertiary alicyclic amines) is 1. The van der Waals surface area contributed by atoms with E-state index in [0.717, 1.165) is 45.2 Å². The Balaban J connectivity index is 1.54. The second-order valence-electron chi connectivity index (χ2n) is 8.38. The Morgan fingerprint density at radius 2 is 1.97 bits per heavy atom. The Morgan fingerprint density at radius 3 is 2.67 bits per heavy atom. The lowest BCUT2D eigenvalue weighted by Crippen LogP contribution is -2.49. The van der Waals surface area contributed by atoms with Crippen LogP contribution in [-0.2, 0) is 14.8 Å². The van der Waals surface area contributed by atoms with Crippen molar-refractivity contribution in [3.05, 3.63) is 17.7 Å². The lowest BCUT2D eigenvalue weighted by Gasteiger charge is -2.38. The highest BCUT2D eigenvalue weighted by atomic mass is 32.2. The van der Waals surface area contributed by atoms with Crippen LogP contribution in [0.15, 0.2) is 12.1 Å². The first-order valence-electron chi connectivity index (χ1n) is 11.3. The first kappa shape index (κ1) is 25.5. The maximum absolute atomic E-state index is 13.0. The molecular weight excluding hydrogens is 450 g/mol. The number of sulfonamides is 1. The number of amides is 1. The number of benzene rings is 1. The Labute approximate surface area is 195 Å². The summed E-state index contributed by atoms with van der Waals surface area (Å²) in [5.74, 6) is 1.39. The van der Waals surface area contributed by atoms with Gasteiger partial charge in [-0.05, 0) is 38.1 Å². The molecule has 0 aliphatic carbocycles. The van der Waals surface area contributed by atoms with Crippen LogP contribution in [0.4, 0.5) is 0 Å². The van der Waals surface area contributed by atoms with E-state index in [2.05, 4.69) is 14.9 Å². The monoisotopic (exact) mass is 485 g/mol. The maximum atomic E-state index is 13.0. The second kappa shape index (κ2) is 11.9. The molecule has 0 radical (unpaired) electrons. The summed E-state index contributed by atoms with van der Waals surface area (Å²) in [5.41, 5.74) is 0.428. The van der Waals surface area contributed by atoms with E-state index >= 15 is 0 Å². The van der Waals surface area contributed by atoms with E-state index in [4.69, 9.17) is 18.9 Å². The lowest BCUT2D eigenvalue weighted by atomic mass is 9.93. The number of carbonyl (C=O) groups excluding carboxylic acids is 1. The number of rotatable bonds is 10. The smallest absolute Gasteiger partial charge is 0.255 e. The van der Waals surface area contributed by atoms with Gasteiger partial charge in [-0.15, -0.1) is 0 Å². The fourth-order valence-corrected chi connectivity index (χ4v) is 4.70. The minimum atomic E-state index is -3.16. The summed E-state index contributed by atoms with van der Waals surface area (Å²) in [4.78, 5) is 15.3. The second-order valence-corrected chi connectivity index (χ2v) is 10.2. The average Bonchev–Trinajstić information content (AvgIpc) is 3.05. The van der Waals surface area contributed by atoms with Crippen molar-refractivity contribution in [2.24, 2.45) is 5.92 Å². The van der Waals surface area contributed by atoms with Crippen LogP contribution in [-0.4, -0.2) is 91.7 Å². The standard InChI is InChI=1S/C22H35N3O7S/c1-29-18-7-6-17(20-21(18)32-13-5-12-31-20)22(26)23-14-16-8-11-25(15-19(16)30-2)10-4-9-24-33(3,27)28/h6-7,16,19,24H,4-5,8-15H2,1-3H3,(H,23,26)/t16-,19?/m0/s1. The van der Waals surface area contributed by atoms with Crippen LogP contribution >= 0.6 is 0 Å². The molecule has 33 heavy (non-hydrogen) atoms. The van der Waals surface area contributed by atoms with Crippen molar-refractivity contribution in [2.45, 2.75) is 25.4 Å². The van der Waals surface area contributed by atoms with E-state index in [0.29, 0.717) is 49.1 Å². The van der Waals surface area contributed by atoms with Crippen molar-refractivity contribution in [1.82, 2.24) is 14.9 Å². The number of ether oxygens (including phenoxy) is 4. The van der Waals surface area contributed by atoms with Crippen LogP contribution < -0.4 is 24.2 Å². The zero-order valence-corrected chi connectivity index (χ0v) is 20.4. The Hall–Kier alpha value is -2.08. The lowest BCUT2D eigenvalue weighted by molar-refractivity contribution is -0.0105. The molecule has 2 N–H and O–H groups in total. The molecule has 10 nitrogen and oxygen atoms in total. The Morgan fingerprint density at radius 1 is 1.21 bits per heavy atom. The number of nitrogens with one attached hydrogen (secondary N) is 2. The van der Waals surface area contributed by atoms with Crippen LogP contribution in [0.1, 0.15) is 29.6 Å². The summed E-state index contributed by atoms with van der Waals surface area (Å²) < 4.78 is 47.5. The minimum Gasteiger partial charge on any atom is -0.493 e. The minimum absolute atomic E-state index is 0.0190. The molecule has 2 atom stereocenters. The summed E-state index contributed by atoms with van der Waals surface area (Å²) in [7, 11) is 0.0830. The topological polar surface area (TPSA) is 115 Å². The van der Waals surface area contributed by atoms with Gasteiger partial charge in [0, 0.05) is 39.1 Å². The zero-order valence-electron chi connectivity index (χ0n) is 19.6. The molecule has 186 valence electrons. The fourth-order valence-electron chi connectivity index (χ4n) is 4.18. The summed E-state index contributed by atoms with van der Waals surface area (Å²) in [6.07, 6.45) is 3.48. The predicted octanol–water partition coefficient (Wildman–Crippen LogP) is 0.863. The molecule has 0 bridgehead atoms. The third kappa shape index (κ3) is 7.20. The molecule has 1 amide bonds. The number of carbonyl (C=O) groups is 1. The van der Waals surface area contributed by atoms with Crippen LogP contribution in [0.5, 0.6) is 17.2 Å². The first-order chi connectivity index (χ1) is 15.8. The van der Waals surface area contributed by atoms with Crippen molar-refractivity contribution in [2.75, 3.05) is 66.4 Å². The summed E-state index contributed by atoms with van der Waals surface area (Å²) in [6, 6.07) is 3.42. The molecule has 1 aromatic carbocycles. The van der Waals surface area contributed by atoms with E-state index in [1.54, 1.807) is 26.4 Å². The van der Waals surface area contributed by atoms with Gasteiger partial charge >= 0.3 is 0 Å². The highest BCUT2D eigenvalue weighted by Crippen LogP contribution is 2.41. The summed E-state index contributed by atoms with van der Waals surface area (Å²) >= 11 is 0. The number of piperidine rings is 1. The van der Waals surface area contributed by atoms with Gasteiger partial charge in [-0.3, -0.25) is 4.79 Å². The van der Waals surface area contributed by atoms with E-state index in [-0.39, 0.29) is 17.9 Å². The molecule has 1 aromatic rings. The molecule has 0 saturated carbocycles. The van der Waals surface area contributed by atoms with E-state index < -0.39 is 10.0 Å². The van der Waals surface area contributed by atoms with Crippen LogP contribution in [0.3, 0.4) is 0 Å². The number of hydrogen-bond acceptors (Lipinski definition) is 8. The van der Waals surface area contributed by atoms with Crippen molar-refractivity contribution < 1.29 is 32.2 Å². The van der Waals surface area contributed by atoms with Gasteiger partial charge in [0.05, 0.1) is 38.2 Å². The molecule has 1 fully saturated rings. The number of hydrogen-bond donors (Lipinski definition) is 2. The van der Waals surface area contributed by atoms with Crippen LogP contribution in [0.25, 0.3) is 0 Å². The molecule has 2 aliphatic rings. The Kier molecular flexibility index (Phi) is 9.19. The molecule has 0 aromatic heterocycles. The molecule has 2 heterocycles. The van der Waals surface area contributed by atoms with Gasteiger partial charge in [0.2, 0.25) is 15.8 Å². The van der Waals surface area contributed by atoms with Crippen molar-refractivity contribution in [3.8, 4) is 17.2 Å². The number of nitrogens with zero attached hydrogens (tertiary/aromatic N) is 1. The normalized spacial score (nSPS) is 21.3. The fraction of sp³-hybridized carbons (Fsp3) is 0.682. The quantitative estimate of drug-likeness (QED) is 0.469. The van der Waals surface area contributed by atoms with Gasteiger partial charge < -0.3 is 29.2 Å². The highest BCUT2D eigenvalue weighted by molar-refractivity contribution is 7.88. The van der Waals surface area contributed by atoms with E-state index in [1.807, 2.05) is 0 Å². The predicted molar refractivity (Wildman–Crippen MR) is 124 cm³/mol. The number of fused-ring (bicyclic) bond motifs is 1. The van der Waals surface area contributed by atoms with Crippen molar-refractivity contribution in [3.63, 3.8) is 0 Å².